The van der Waals surface area contributed by atoms with Crippen LogP contribution < -0.4 is 5.32 Å². The number of hydrogen-bond acceptors (Lipinski definition) is 1. The molecule has 1 unspecified atom stereocenters. The van der Waals surface area contributed by atoms with Crippen LogP contribution in [-0.4, -0.2) is 17.3 Å². The third-order valence-electron chi connectivity index (χ3n) is 3.51. The van der Waals surface area contributed by atoms with Crippen LogP contribution in [0.2, 0.25) is 0 Å². The van der Waals surface area contributed by atoms with Gasteiger partial charge in [0.15, 0.2) is 0 Å². The lowest BCUT2D eigenvalue weighted by Crippen LogP contribution is -2.46. The van der Waals surface area contributed by atoms with Crippen molar-refractivity contribution in [3.05, 3.63) is 35.4 Å². The Hall–Kier alpha value is -1.23. The predicted molar refractivity (Wildman–Crippen MR) is 77.3 cm³/mol. The summed E-state index contributed by atoms with van der Waals surface area (Å²) in [6, 6.07) is 4.63. The molecule has 0 saturated heterocycles. The maximum Gasteiger partial charge on any atom is 0.416 e. The lowest BCUT2D eigenvalue weighted by Gasteiger charge is -2.29. The summed E-state index contributed by atoms with van der Waals surface area (Å²) >= 11 is 5.71. The fraction of sp³-hybridized carbons (Fsp3) is 0.533. The van der Waals surface area contributed by atoms with E-state index in [9.17, 15) is 18.0 Å². The molecule has 1 amide bonds. The monoisotopic (exact) mass is 321 g/mol. The van der Waals surface area contributed by atoms with Crippen LogP contribution in [-0.2, 0) is 17.4 Å². The van der Waals surface area contributed by atoms with Gasteiger partial charge in [-0.2, -0.15) is 13.2 Å². The summed E-state index contributed by atoms with van der Waals surface area (Å²) in [5.41, 5.74) is -0.554. The van der Waals surface area contributed by atoms with Crippen molar-refractivity contribution in [3.8, 4) is 0 Å². The Kier molecular flexibility index (Phi) is 6.08. The molecule has 0 spiro atoms. The Morgan fingerprint density at radius 2 is 1.81 bits per heavy atom. The van der Waals surface area contributed by atoms with E-state index in [1.54, 1.807) is 0 Å². The van der Waals surface area contributed by atoms with E-state index in [4.69, 9.17) is 11.6 Å². The first-order valence-electron chi connectivity index (χ1n) is 6.73. The molecular formula is C15H19ClF3NO. The van der Waals surface area contributed by atoms with E-state index in [-0.39, 0.29) is 17.9 Å². The summed E-state index contributed by atoms with van der Waals surface area (Å²) in [6.45, 7) is 3.85. The van der Waals surface area contributed by atoms with Gasteiger partial charge in [0.1, 0.15) is 0 Å². The molecule has 2 nitrogen and oxygen atoms in total. The van der Waals surface area contributed by atoms with Crippen molar-refractivity contribution in [3.63, 3.8) is 0 Å². The predicted octanol–water partition coefficient (Wildman–Crippen LogP) is 4.16. The van der Waals surface area contributed by atoms with Gasteiger partial charge in [0.2, 0.25) is 5.91 Å². The van der Waals surface area contributed by atoms with Crippen molar-refractivity contribution < 1.29 is 18.0 Å². The first-order chi connectivity index (χ1) is 9.70. The Balaban J connectivity index is 2.67. The number of halogens is 4. The highest BCUT2D eigenvalue weighted by Gasteiger charge is 2.30. The van der Waals surface area contributed by atoms with Crippen molar-refractivity contribution in [1.82, 2.24) is 5.32 Å². The van der Waals surface area contributed by atoms with E-state index in [1.807, 2.05) is 13.8 Å². The summed E-state index contributed by atoms with van der Waals surface area (Å²) in [7, 11) is 0. The summed E-state index contributed by atoms with van der Waals surface area (Å²) < 4.78 is 37.3. The van der Waals surface area contributed by atoms with Gasteiger partial charge in [-0.05, 0) is 37.5 Å². The summed E-state index contributed by atoms with van der Waals surface area (Å²) in [4.78, 5) is 12.0. The fourth-order valence-corrected chi connectivity index (χ4v) is 2.33. The molecule has 1 N–H and O–H groups in total. The van der Waals surface area contributed by atoms with Crippen molar-refractivity contribution in [2.75, 3.05) is 5.88 Å². The number of benzene rings is 1. The third-order valence-corrected chi connectivity index (χ3v) is 3.70. The number of carbonyl (C=O) groups excluding carboxylic acids is 1. The van der Waals surface area contributed by atoms with Crippen LogP contribution in [0.3, 0.4) is 0 Å². The van der Waals surface area contributed by atoms with E-state index < -0.39 is 11.7 Å². The maximum absolute atomic E-state index is 12.4. The van der Waals surface area contributed by atoms with Gasteiger partial charge in [0, 0.05) is 11.4 Å². The lowest BCUT2D eigenvalue weighted by molar-refractivity contribution is -0.137. The molecule has 1 aromatic carbocycles. The Bertz CT molecular complexity index is 473. The van der Waals surface area contributed by atoms with Crippen LogP contribution in [0.5, 0.6) is 0 Å². The summed E-state index contributed by atoms with van der Waals surface area (Å²) in [5, 5.41) is 2.89. The molecule has 0 radical (unpaired) electrons. The smallest absolute Gasteiger partial charge is 0.351 e. The van der Waals surface area contributed by atoms with Gasteiger partial charge in [-0.25, -0.2) is 0 Å². The van der Waals surface area contributed by atoms with Gasteiger partial charge in [0.25, 0.3) is 0 Å². The van der Waals surface area contributed by atoms with Crippen LogP contribution in [0.15, 0.2) is 24.3 Å². The fourth-order valence-electron chi connectivity index (χ4n) is 1.91. The molecule has 0 aliphatic heterocycles. The molecule has 1 atom stereocenters. The van der Waals surface area contributed by atoms with Crippen molar-refractivity contribution in [1.29, 1.82) is 0 Å². The molecular weight excluding hydrogens is 303 g/mol. The molecule has 0 fully saturated rings. The molecule has 118 valence electrons. The molecule has 0 saturated carbocycles. The lowest BCUT2D eigenvalue weighted by atomic mass is 9.95. The highest BCUT2D eigenvalue weighted by atomic mass is 35.5. The molecule has 6 heteroatoms. The molecule has 21 heavy (non-hydrogen) atoms. The van der Waals surface area contributed by atoms with Crippen LogP contribution in [0.25, 0.3) is 0 Å². The van der Waals surface area contributed by atoms with Crippen molar-refractivity contribution >= 4 is 17.5 Å². The largest absolute Gasteiger partial charge is 0.416 e. The molecule has 0 heterocycles. The summed E-state index contributed by atoms with van der Waals surface area (Å²) in [5.74, 6) is 0.217. The van der Waals surface area contributed by atoms with E-state index in [2.05, 4.69) is 5.32 Å². The van der Waals surface area contributed by atoms with Crippen LogP contribution in [0.4, 0.5) is 13.2 Å². The zero-order chi connectivity index (χ0) is 16.1. The first-order valence-corrected chi connectivity index (χ1v) is 7.27. The van der Waals surface area contributed by atoms with E-state index in [0.717, 1.165) is 18.6 Å². The molecule has 1 rings (SSSR count). The number of nitrogens with one attached hydrogen (secondary N) is 1. The van der Waals surface area contributed by atoms with E-state index in [0.29, 0.717) is 17.9 Å². The zero-order valence-electron chi connectivity index (χ0n) is 12.1. The van der Waals surface area contributed by atoms with Gasteiger partial charge < -0.3 is 5.32 Å². The van der Waals surface area contributed by atoms with Crippen LogP contribution >= 0.6 is 11.6 Å². The van der Waals surface area contributed by atoms with Crippen molar-refractivity contribution in [2.45, 2.75) is 44.8 Å². The minimum Gasteiger partial charge on any atom is -0.351 e. The first kappa shape index (κ1) is 17.8. The number of carbonyl (C=O) groups is 1. The molecule has 0 bridgehead atoms. The number of amides is 1. The van der Waals surface area contributed by atoms with Gasteiger partial charge in [-0.1, -0.05) is 19.1 Å². The minimum absolute atomic E-state index is 0.0516. The Morgan fingerprint density at radius 3 is 2.24 bits per heavy atom. The summed E-state index contributed by atoms with van der Waals surface area (Å²) in [6.07, 6.45) is -2.93. The normalized spacial score (nSPS) is 14.6. The standard InChI is InChI=1S/C15H19ClF3NO/c1-3-14(2,8-9-16)20-13(21)10-11-4-6-12(7-5-11)15(17,18)19/h4-7H,3,8-10H2,1-2H3,(H,20,21). The van der Waals surface area contributed by atoms with Gasteiger partial charge >= 0.3 is 6.18 Å². The molecule has 0 aromatic heterocycles. The maximum atomic E-state index is 12.4. The Labute approximate surface area is 127 Å². The van der Waals surface area contributed by atoms with E-state index in [1.165, 1.54) is 12.1 Å². The van der Waals surface area contributed by atoms with Gasteiger partial charge in [0.05, 0.1) is 12.0 Å². The highest BCUT2D eigenvalue weighted by Crippen LogP contribution is 2.29. The third kappa shape index (κ3) is 5.58. The highest BCUT2D eigenvalue weighted by molar-refractivity contribution is 6.17. The quantitative estimate of drug-likeness (QED) is 0.783. The Morgan fingerprint density at radius 1 is 1.24 bits per heavy atom. The van der Waals surface area contributed by atoms with Gasteiger partial charge in [-0.3, -0.25) is 4.79 Å². The number of hydrogen-bond donors (Lipinski definition) is 1. The molecule has 0 aliphatic carbocycles. The SMILES string of the molecule is CCC(C)(CCCl)NC(=O)Cc1ccc(C(F)(F)F)cc1. The average molecular weight is 322 g/mol. The minimum atomic E-state index is -4.36. The van der Waals surface area contributed by atoms with Crippen molar-refractivity contribution in [2.24, 2.45) is 0 Å². The second-order valence-corrected chi connectivity index (χ2v) is 5.65. The van der Waals surface area contributed by atoms with Crippen LogP contribution in [0.1, 0.15) is 37.8 Å². The van der Waals surface area contributed by atoms with E-state index >= 15 is 0 Å². The topological polar surface area (TPSA) is 29.1 Å². The molecule has 0 aliphatic rings. The number of rotatable bonds is 6. The second-order valence-electron chi connectivity index (χ2n) is 5.27. The van der Waals surface area contributed by atoms with Crippen LogP contribution in [0, 0.1) is 0 Å². The number of alkyl halides is 4. The van der Waals surface area contributed by atoms with Gasteiger partial charge in [-0.15, -0.1) is 11.6 Å². The zero-order valence-corrected chi connectivity index (χ0v) is 12.8. The second kappa shape index (κ2) is 7.16. The average Bonchev–Trinajstić information content (AvgIpc) is 2.38. The molecule has 1 aromatic rings.